The number of aliphatic hydroxyl groups excluding tert-OH is 1. The van der Waals surface area contributed by atoms with Crippen molar-refractivity contribution in [3.05, 3.63) is 76.4 Å². The first-order valence-electron chi connectivity index (χ1n) is 16.3. The van der Waals surface area contributed by atoms with Crippen molar-refractivity contribution >= 4 is 35.0 Å². The average Bonchev–Trinajstić information content (AvgIpc) is 3.58. The Morgan fingerprint density at radius 2 is 1.79 bits per heavy atom. The molecule has 0 spiro atoms. The molecule has 2 aromatic rings. The monoisotopic (exact) mass is 678 g/mol. The van der Waals surface area contributed by atoms with Crippen LogP contribution in [-0.2, 0) is 33.3 Å². The minimum absolute atomic E-state index is 0.0480. The van der Waals surface area contributed by atoms with E-state index in [1.54, 1.807) is 75.5 Å². The topological polar surface area (TPSA) is 146 Å². The van der Waals surface area contributed by atoms with Gasteiger partial charge in [0.25, 0.3) is 0 Å². The van der Waals surface area contributed by atoms with Gasteiger partial charge in [-0.25, -0.2) is 9.59 Å². The molecule has 10 nitrogen and oxygen atoms in total. The molecule has 2 bridgehead atoms. The summed E-state index contributed by atoms with van der Waals surface area (Å²) in [6, 6.07) is 11.8. The zero-order valence-corrected chi connectivity index (χ0v) is 28.6. The summed E-state index contributed by atoms with van der Waals surface area (Å²) in [7, 11) is 0. The summed E-state index contributed by atoms with van der Waals surface area (Å²) in [5, 5.41) is 25.9. The number of Topliss-reactive ketones (excluding diaryl/α,β-unsaturated/α-hetero) is 1. The number of carbonyl (C=O) groups excluding carboxylic acids is 4. The lowest BCUT2D eigenvalue weighted by Crippen LogP contribution is -2.78. The maximum absolute atomic E-state index is 14.6. The molecule has 2 N–H and O–H groups in total. The summed E-state index contributed by atoms with van der Waals surface area (Å²) in [6.07, 6.45) is -4.37. The molecule has 6 rings (SSSR count). The first kappa shape index (κ1) is 34.5. The van der Waals surface area contributed by atoms with Crippen LogP contribution < -0.4 is 0 Å². The zero-order valence-electron chi connectivity index (χ0n) is 27.8. The van der Waals surface area contributed by atoms with E-state index in [9.17, 15) is 29.4 Å². The number of aliphatic hydroxyl groups is 2. The van der Waals surface area contributed by atoms with Crippen LogP contribution in [0.1, 0.15) is 81.5 Å². The highest BCUT2D eigenvalue weighted by molar-refractivity contribution is 7.10. The van der Waals surface area contributed by atoms with E-state index in [0.717, 1.165) is 0 Å². The van der Waals surface area contributed by atoms with Gasteiger partial charge in [-0.1, -0.05) is 50.6 Å². The minimum atomic E-state index is -1.96. The first-order chi connectivity index (χ1) is 22.6. The number of ether oxygens (including phenoxy) is 4. The van der Waals surface area contributed by atoms with E-state index in [4.69, 9.17) is 25.9 Å². The average molecular weight is 679 g/mol. The number of rotatable bonds is 7. The third kappa shape index (κ3) is 5.25. The predicted octanol–water partition coefficient (Wildman–Crippen LogP) is 4.61. The van der Waals surface area contributed by atoms with Gasteiger partial charge in [-0.3, -0.25) is 9.59 Å². The van der Waals surface area contributed by atoms with E-state index >= 15 is 0 Å². The summed E-state index contributed by atoms with van der Waals surface area (Å²) in [5.74, 6) is -4.55. The largest absolute Gasteiger partial charge is 0.456 e. The summed E-state index contributed by atoms with van der Waals surface area (Å²) in [6.45, 7) is 14.5. The Morgan fingerprint density at radius 1 is 1.08 bits per heavy atom. The number of benzene rings is 1. The van der Waals surface area contributed by atoms with Crippen LogP contribution in [0.15, 0.2) is 59.0 Å². The van der Waals surface area contributed by atoms with Crippen LogP contribution in [0.4, 0.5) is 0 Å². The molecule has 3 fully saturated rings. The van der Waals surface area contributed by atoms with E-state index in [0.29, 0.717) is 28.9 Å². The predicted molar refractivity (Wildman–Crippen MR) is 174 cm³/mol. The molecule has 2 saturated carbocycles. The summed E-state index contributed by atoms with van der Waals surface area (Å²) < 4.78 is 24.3. The Labute approximate surface area is 284 Å². The molecule has 1 saturated heterocycles. The standard InChI is InChI=1S/C37H42O10S/c1-20-24-17-27(39)35(6)15-14-28-36(19-44-28,47-22(3)38)30(35)31(46-32(41)23-11-8-7-9-12-23)37(43,34(24,4)5)18-25(20)45-33(42)29(40)21(2)26-13-10-16-48-26/h2,7-13,16,21,25,28-31,40,43H,14-15,17-19H2,1,3-6H3/t21-,25?,28+,29+,30-,31-,35-,36-,37+/m0/s1. The fraction of sp³-hybridized carbons (Fsp3) is 0.541. The van der Waals surface area contributed by atoms with Gasteiger partial charge in [-0.05, 0) is 55.8 Å². The van der Waals surface area contributed by atoms with Crippen molar-refractivity contribution in [1.29, 1.82) is 0 Å². The third-order valence-electron chi connectivity index (χ3n) is 11.5. The van der Waals surface area contributed by atoms with Gasteiger partial charge >= 0.3 is 17.9 Å². The van der Waals surface area contributed by atoms with Crippen molar-refractivity contribution in [2.75, 3.05) is 6.61 Å². The number of esters is 3. The Kier molecular flexibility index (Phi) is 8.76. The zero-order chi connectivity index (χ0) is 34.8. The molecule has 0 amide bonds. The number of hydrogen-bond acceptors (Lipinski definition) is 11. The van der Waals surface area contributed by atoms with Crippen LogP contribution in [0.2, 0.25) is 0 Å². The number of thiophene rings is 1. The molecule has 48 heavy (non-hydrogen) atoms. The lowest BCUT2D eigenvalue weighted by Gasteiger charge is -2.66. The lowest BCUT2D eigenvalue weighted by atomic mass is 9.46. The van der Waals surface area contributed by atoms with Crippen LogP contribution in [0.5, 0.6) is 0 Å². The van der Waals surface area contributed by atoms with Crippen molar-refractivity contribution in [2.45, 2.75) is 102 Å². The van der Waals surface area contributed by atoms with Crippen LogP contribution >= 0.6 is 11.3 Å². The highest BCUT2D eigenvalue weighted by atomic mass is 32.1. The first-order valence-corrected chi connectivity index (χ1v) is 17.2. The van der Waals surface area contributed by atoms with Gasteiger partial charge in [-0.15, -0.1) is 11.3 Å². The second-order valence-electron chi connectivity index (χ2n) is 14.4. The molecule has 2 radical (unpaired) electrons. The molecule has 9 atom stereocenters. The molecule has 11 heteroatoms. The van der Waals surface area contributed by atoms with Crippen molar-refractivity contribution in [3.63, 3.8) is 0 Å². The van der Waals surface area contributed by atoms with Gasteiger partial charge in [0.15, 0.2) is 11.7 Å². The SMILES string of the molecule is [CH][C@@H](c1cccs1)[C@@H](O)C(=O)OC1C[C@@]2(O)[C@@H](OC(=O)c3ccccc3)[C@@H]3[C@]4(OC(C)=O)CO[C@@H]4CC[C@@]3(C)C(=O)CC(=C1C)C2(C)C. The molecule has 1 aromatic carbocycles. The third-order valence-corrected chi connectivity index (χ3v) is 12.5. The molecular formula is C37H42O10S. The van der Waals surface area contributed by atoms with Crippen molar-refractivity contribution in [1.82, 2.24) is 0 Å². The Hall–Kier alpha value is -3.38. The summed E-state index contributed by atoms with van der Waals surface area (Å²) >= 11 is 1.29. The second kappa shape index (κ2) is 12.2. The number of carbonyl (C=O) groups is 4. The maximum atomic E-state index is 14.6. The van der Waals surface area contributed by atoms with Crippen molar-refractivity contribution < 1.29 is 48.3 Å². The van der Waals surface area contributed by atoms with E-state index in [1.165, 1.54) is 18.3 Å². The van der Waals surface area contributed by atoms with Crippen LogP contribution in [0, 0.1) is 23.7 Å². The highest BCUT2D eigenvalue weighted by Crippen LogP contribution is 2.64. The van der Waals surface area contributed by atoms with Gasteiger partial charge in [0, 0.05) is 41.4 Å². The number of hydrogen-bond donors (Lipinski definition) is 2. The summed E-state index contributed by atoms with van der Waals surface area (Å²) in [5.41, 5.74) is -4.39. The summed E-state index contributed by atoms with van der Waals surface area (Å²) in [4.78, 5) is 55.2. The fourth-order valence-corrected chi connectivity index (χ4v) is 9.35. The van der Waals surface area contributed by atoms with Gasteiger partial charge in [0.05, 0.1) is 18.1 Å². The van der Waals surface area contributed by atoms with Crippen LogP contribution in [0.3, 0.4) is 0 Å². The van der Waals surface area contributed by atoms with Gasteiger partial charge in [0.1, 0.15) is 29.7 Å². The Morgan fingerprint density at radius 3 is 2.40 bits per heavy atom. The lowest BCUT2D eigenvalue weighted by molar-refractivity contribution is -0.331. The normalized spacial score (nSPS) is 35.0. The number of ketones is 1. The van der Waals surface area contributed by atoms with E-state index < -0.39 is 76.2 Å². The molecule has 1 unspecified atom stereocenters. The molecule has 3 aliphatic carbocycles. The van der Waals surface area contributed by atoms with E-state index in [2.05, 4.69) is 0 Å². The van der Waals surface area contributed by atoms with E-state index in [-0.39, 0.29) is 30.8 Å². The van der Waals surface area contributed by atoms with E-state index in [1.807, 2.05) is 0 Å². The fourth-order valence-electron chi connectivity index (χ4n) is 8.59. The Balaban J connectivity index is 1.49. The minimum Gasteiger partial charge on any atom is -0.456 e. The number of fused-ring (bicyclic) bond motifs is 5. The molecular weight excluding hydrogens is 636 g/mol. The van der Waals surface area contributed by atoms with Crippen LogP contribution in [0.25, 0.3) is 0 Å². The Bertz CT molecular complexity index is 1630. The van der Waals surface area contributed by atoms with Gasteiger partial charge < -0.3 is 29.2 Å². The smallest absolute Gasteiger partial charge is 0.338 e. The van der Waals surface area contributed by atoms with Gasteiger partial charge in [0.2, 0.25) is 0 Å². The van der Waals surface area contributed by atoms with Crippen molar-refractivity contribution in [2.24, 2.45) is 16.7 Å². The molecule has 256 valence electrons. The molecule has 4 aliphatic rings. The molecule has 2 heterocycles. The van der Waals surface area contributed by atoms with Crippen LogP contribution in [-0.4, -0.2) is 76.1 Å². The van der Waals surface area contributed by atoms with Crippen molar-refractivity contribution in [3.8, 4) is 0 Å². The second-order valence-corrected chi connectivity index (χ2v) is 15.4. The maximum Gasteiger partial charge on any atom is 0.338 e. The highest BCUT2D eigenvalue weighted by Gasteiger charge is 2.75. The molecule has 1 aliphatic heterocycles. The quantitative estimate of drug-likeness (QED) is 0.242. The van der Waals surface area contributed by atoms with Gasteiger partial charge in [-0.2, -0.15) is 0 Å². The molecule has 1 aromatic heterocycles.